The van der Waals surface area contributed by atoms with Crippen molar-refractivity contribution in [2.45, 2.75) is 38.1 Å². The van der Waals surface area contributed by atoms with Crippen LogP contribution in [0.15, 0.2) is 18.2 Å². The van der Waals surface area contributed by atoms with Gasteiger partial charge in [0.25, 0.3) is 0 Å². The van der Waals surface area contributed by atoms with E-state index in [4.69, 9.17) is 0 Å². The van der Waals surface area contributed by atoms with E-state index < -0.39 is 6.36 Å². The molecular formula is C17H23F3N2O2. The second kappa shape index (κ2) is 7.19. The zero-order valence-corrected chi connectivity index (χ0v) is 13.5. The van der Waals surface area contributed by atoms with Gasteiger partial charge in [0.2, 0.25) is 0 Å². The predicted molar refractivity (Wildman–Crippen MR) is 83.9 cm³/mol. The summed E-state index contributed by atoms with van der Waals surface area (Å²) in [5.41, 5.74) is 0.547. The third-order valence-electron chi connectivity index (χ3n) is 4.94. The maximum atomic E-state index is 12.5. The number of phenols is 1. The van der Waals surface area contributed by atoms with E-state index in [1.165, 1.54) is 12.1 Å². The van der Waals surface area contributed by atoms with Gasteiger partial charge in [-0.2, -0.15) is 0 Å². The first kappa shape index (κ1) is 17.4. The molecule has 0 aromatic heterocycles. The molecule has 4 nitrogen and oxygen atoms in total. The quantitative estimate of drug-likeness (QED) is 0.878. The second-order valence-electron chi connectivity index (χ2n) is 6.54. The number of piperazine rings is 1. The van der Waals surface area contributed by atoms with E-state index in [2.05, 4.69) is 15.0 Å². The molecule has 134 valence electrons. The summed E-state index contributed by atoms with van der Waals surface area (Å²) in [5.74, 6) is 0.128. The van der Waals surface area contributed by atoms with Crippen molar-refractivity contribution in [1.82, 2.24) is 10.2 Å². The molecule has 1 aliphatic carbocycles. The minimum Gasteiger partial charge on any atom is -0.508 e. The molecule has 1 heterocycles. The molecule has 1 saturated heterocycles. The third kappa shape index (κ3) is 4.13. The van der Waals surface area contributed by atoms with Gasteiger partial charge in [0.1, 0.15) is 11.5 Å². The van der Waals surface area contributed by atoms with Gasteiger partial charge in [-0.25, -0.2) is 0 Å². The van der Waals surface area contributed by atoms with E-state index in [0.717, 1.165) is 57.9 Å². The number of ether oxygens (including phenoxy) is 1. The Kier molecular flexibility index (Phi) is 5.20. The summed E-state index contributed by atoms with van der Waals surface area (Å²) in [7, 11) is 0. The van der Waals surface area contributed by atoms with E-state index in [9.17, 15) is 18.3 Å². The minimum absolute atomic E-state index is 0.0416. The number of halogens is 3. The summed E-state index contributed by atoms with van der Waals surface area (Å²) in [4.78, 5) is 2.28. The molecule has 1 aromatic rings. The molecule has 3 rings (SSSR count). The molecule has 7 heteroatoms. The molecule has 0 bridgehead atoms. The van der Waals surface area contributed by atoms with Crippen LogP contribution in [0.4, 0.5) is 13.2 Å². The van der Waals surface area contributed by atoms with Crippen LogP contribution in [0.1, 0.15) is 37.3 Å². The maximum Gasteiger partial charge on any atom is 0.573 e. The van der Waals surface area contributed by atoms with Gasteiger partial charge in [-0.15, -0.1) is 13.2 Å². The molecule has 24 heavy (non-hydrogen) atoms. The Morgan fingerprint density at radius 2 is 1.83 bits per heavy atom. The Hall–Kier alpha value is -1.47. The van der Waals surface area contributed by atoms with Crippen molar-refractivity contribution in [3.8, 4) is 11.5 Å². The molecule has 1 aromatic carbocycles. The zero-order chi connectivity index (χ0) is 17.2. The predicted octanol–water partition coefficient (Wildman–Crippen LogP) is 3.43. The Bertz CT molecular complexity index is 553. The fourth-order valence-corrected chi connectivity index (χ4v) is 3.95. The van der Waals surface area contributed by atoms with E-state index in [1.54, 1.807) is 0 Å². The molecule has 1 aliphatic heterocycles. The molecule has 2 fully saturated rings. The molecule has 0 unspecified atom stereocenters. The summed E-state index contributed by atoms with van der Waals surface area (Å²) in [6, 6.07) is 3.76. The van der Waals surface area contributed by atoms with Crippen molar-refractivity contribution >= 4 is 0 Å². The lowest BCUT2D eigenvalue weighted by Gasteiger charge is -2.39. The van der Waals surface area contributed by atoms with E-state index in [1.807, 2.05) is 0 Å². The normalized spacial score (nSPS) is 21.8. The first-order valence-corrected chi connectivity index (χ1v) is 8.47. The van der Waals surface area contributed by atoms with Crippen molar-refractivity contribution < 1.29 is 23.0 Å². The molecule has 2 aliphatic rings. The number of alkyl halides is 3. The van der Waals surface area contributed by atoms with E-state index >= 15 is 0 Å². The molecule has 0 amide bonds. The maximum absolute atomic E-state index is 12.5. The lowest BCUT2D eigenvalue weighted by atomic mass is 9.89. The molecular weight excluding hydrogens is 321 g/mol. The Morgan fingerprint density at radius 1 is 1.17 bits per heavy atom. The fraction of sp³-hybridized carbons (Fsp3) is 0.647. The number of nitrogens with one attached hydrogen (secondary N) is 1. The van der Waals surface area contributed by atoms with Crippen LogP contribution in [0.2, 0.25) is 0 Å². The van der Waals surface area contributed by atoms with Gasteiger partial charge in [-0.1, -0.05) is 12.8 Å². The third-order valence-corrected chi connectivity index (χ3v) is 4.94. The van der Waals surface area contributed by atoms with E-state index in [-0.39, 0.29) is 17.5 Å². The summed E-state index contributed by atoms with van der Waals surface area (Å²) in [6.07, 6.45) is -0.386. The van der Waals surface area contributed by atoms with E-state index in [0.29, 0.717) is 11.5 Å². The van der Waals surface area contributed by atoms with Gasteiger partial charge < -0.3 is 15.2 Å². The monoisotopic (exact) mass is 344 g/mol. The smallest absolute Gasteiger partial charge is 0.508 e. The minimum atomic E-state index is -4.73. The van der Waals surface area contributed by atoms with Crippen LogP contribution in [-0.4, -0.2) is 42.5 Å². The van der Waals surface area contributed by atoms with Crippen molar-refractivity contribution in [1.29, 1.82) is 0 Å². The molecule has 0 radical (unpaired) electrons. The van der Waals surface area contributed by atoms with Gasteiger partial charge in [0, 0.05) is 37.8 Å². The number of benzene rings is 1. The van der Waals surface area contributed by atoms with Crippen LogP contribution in [-0.2, 0) is 0 Å². The van der Waals surface area contributed by atoms with Gasteiger partial charge in [0.05, 0.1) is 0 Å². The number of nitrogens with zero attached hydrogens (tertiary/aromatic N) is 1. The highest BCUT2D eigenvalue weighted by atomic mass is 19.4. The Labute approximate surface area is 139 Å². The summed E-state index contributed by atoms with van der Waals surface area (Å²) in [5, 5.41) is 13.6. The number of aromatic hydroxyl groups is 1. The summed E-state index contributed by atoms with van der Waals surface area (Å²) in [6.45, 7) is 3.35. The van der Waals surface area contributed by atoms with Gasteiger partial charge in [-0.05, 0) is 37.0 Å². The highest BCUT2D eigenvalue weighted by molar-refractivity contribution is 5.42. The van der Waals surface area contributed by atoms with Crippen LogP contribution in [0.3, 0.4) is 0 Å². The van der Waals surface area contributed by atoms with Crippen molar-refractivity contribution in [3.05, 3.63) is 23.8 Å². The van der Waals surface area contributed by atoms with Gasteiger partial charge in [0.15, 0.2) is 0 Å². The van der Waals surface area contributed by atoms with Crippen LogP contribution >= 0.6 is 0 Å². The average Bonchev–Trinajstić information content (AvgIpc) is 3.04. The number of hydrogen-bond acceptors (Lipinski definition) is 4. The number of hydrogen-bond donors (Lipinski definition) is 2. The Balaban J connectivity index is 1.91. The lowest BCUT2D eigenvalue weighted by molar-refractivity contribution is -0.274. The van der Waals surface area contributed by atoms with Crippen molar-refractivity contribution in [3.63, 3.8) is 0 Å². The lowest BCUT2D eigenvalue weighted by Crippen LogP contribution is -2.46. The Morgan fingerprint density at radius 3 is 2.46 bits per heavy atom. The van der Waals surface area contributed by atoms with Crippen LogP contribution in [0.25, 0.3) is 0 Å². The summed E-state index contributed by atoms with van der Waals surface area (Å²) >= 11 is 0. The fourth-order valence-electron chi connectivity index (χ4n) is 3.95. The first-order valence-electron chi connectivity index (χ1n) is 8.47. The molecule has 1 atom stereocenters. The van der Waals surface area contributed by atoms with Crippen LogP contribution < -0.4 is 10.1 Å². The average molecular weight is 344 g/mol. The van der Waals surface area contributed by atoms with Crippen molar-refractivity contribution in [2.75, 3.05) is 26.2 Å². The molecule has 2 N–H and O–H groups in total. The highest BCUT2D eigenvalue weighted by Gasteiger charge is 2.35. The van der Waals surface area contributed by atoms with Crippen LogP contribution in [0, 0.1) is 5.92 Å². The number of rotatable bonds is 4. The molecule has 1 saturated carbocycles. The summed E-state index contributed by atoms with van der Waals surface area (Å²) < 4.78 is 41.6. The molecule has 0 spiro atoms. The highest BCUT2D eigenvalue weighted by Crippen LogP contribution is 2.43. The standard InChI is InChI=1S/C17H23F3N2O2/c18-17(19,20)24-13-5-6-15(23)14(11-13)16(12-3-1-2-4-12)22-9-7-21-8-10-22/h5-6,11-12,16,21,23H,1-4,7-10H2/t16-/m0/s1. The first-order chi connectivity index (χ1) is 11.4. The zero-order valence-electron chi connectivity index (χ0n) is 13.5. The topological polar surface area (TPSA) is 44.7 Å². The van der Waals surface area contributed by atoms with Crippen LogP contribution in [0.5, 0.6) is 11.5 Å². The number of phenolic OH excluding ortho intramolecular Hbond substituents is 1. The second-order valence-corrected chi connectivity index (χ2v) is 6.54. The largest absolute Gasteiger partial charge is 0.573 e. The van der Waals surface area contributed by atoms with Gasteiger partial charge in [-0.3, -0.25) is 4.90 Å². The van der Waals surface area contributed by atoms with Crippen molar-refractivity contribution in [2.24, 2.45) is 5.92 Å². The van der Waals surface area contributed by atoms with Gasteiger partial charge >= 0.3 is 6.36 Å². The SMILES string of the molecule is Oc1ccc(OC(F)(F)F)cc1[C@H](C1CCCC1)N1CCNCC1.